The lowest BCUT2D eigenvalue weighted by Crippen LogP contribution is -2.40. The highest BCUT2D eigenvalue weighted by Crippen LogP contribution is 2.28. The van der Waals surface area contributed by atoms with Gasteiger partial charge in [-0.05, 0) is 32.9 Å². The number of sulfonamides is 1. The van der Waals surface area contributed by atoms with Crippen LogP contribution in [0.4, 0.5) is 0 Å². The minimum atomic E-state index is -3.77. The van der Waals surface area contributed by atoms with Gasteiger partial charge in [0.05, 0.1) is 9.77 Å². The number of nitrogens with zero attached hydrogens (tertiary/aromatic N) is 1. The Morgan fingerprint density at radius 1 is 1.60 bits per heavy atom. The lowest BCUT2D eigenvalue weighted by atomic mass is 10.2. The van der Waals surface area contributed by atoms with E-state index in [4.69, 9.17) is 5.14 Å². The molecule has 1 amide bonds. The van der Waals surface area contributed by atoms with Gasteiger partial charge in [0.1, 0.15) is 0 Å². The molecule has 0 bridgehead atoms. The molecule has 0 unspecified atom stereocenters. The molecule has 112 valence electrons. The molecule has 2 rings (SSSR count). The van der Waals surface area contributed by atoms with Crippen molar-refractivity contribution < 1.29 is 13.2 Å². The van der Waals surface area contributed by atoms with Crippen LogP contribution in [0.15, 0.2) is 11.0 Å². The molecule has 1 saturated heterocycles. The van der Waals surface area contributed by atoms with Crippen LogP contribution in [0.1, 0.15) is 27.4 Å². The van der Waals surface area contributed by atoms with E-state index in [0.29, 0.717) is 16.3 Å². The van der Waals surface area contributed by atoms with Gasteiger partial charge in [0.25, 0.3) is 5.91 Å². The van der Waals surface area contributed by atoms with Gasteiger partial charge in [-0.3, -0.25) is 4.79 Å². The zero-order valence-electron chi connectivity index (χ0n) is 11.5. The van der Waals surface area contributed by atoms with E-state index in [1.165, 1.54) is 17.4 Å². The summed E-state index contributed by atoms with van der Waals surface area (Å²) in [5, 5.41) is 8.22. The first-order chi connectivity index (χ1) is 9.34. The predicted octanol–water partition coefficient (Wildman–Crippen LogP) is 0.528. The van der Waals surface area contributed by atoms with Gasteiger partial charge < -0.3 is 10.2 Å². The summed E-state index contributed by atoms with van der Waals surface area (Å²) in [6.45, 7) is 3.13. The highest BCUT2D eigenvalue weighted by Gasteiger charge is 2.30. The standard InChI is InChI=1S/C12H19N3O3S2/c1-8-11(20(13,17)18)6-10(19-8)12(16)15-5-3-4-9(15)7-14-2/h6,9,14H,3-5,7H2,1-2H3,(H2,13,17,18)/t9-/m0/s1. The number of likely N-dealkylation sites (tertiary alicyclic amines) is 1. The van der Waals surface area contributed by atoms with Crippen molar-refractivity contribution in [2.24, 2.45) is 5.14 Å². The van der Waals surface area contributed by atoms with Crippen LogP contribution in [0.25, 0.3) is 0 Å². The Bertz CT molecular complexity index is 609. The lowest BCUT2D eigenvalue weighted by Gasteiger charge is -2.23. The van der Waals surface area contributed by atoms with Gasteiger partial charge in [-0.1, -0.05) is 0 Å². The van der Waals surface area contributed by atoms with Crippen LogP contribution in [0.5, 0.6) is 0 Å². The Labute approximate surface area is 123 Å². The quantitative estimate of drug-likeness (QED) is 0.847. The molecule has 0 aliphatic carbocycles. The van der Waals surface area contributed by atoms with Crippen molar-refractivity contribution in [2.45, 2.75) is 30.7 Å². The van der Waals surface area contributed by atoms with Gasteiger partial charge in [0, 0.05) is 24.0 Å². The number of aryl methyl sites for hydroxylation is 1. The molecule has 1 aliphatic rings. The zero-order valence-corrected chi connectivity index (χ0v) is 13.2. The third-order valence-corrected chi connectivity index (χ3v) is 5.67. The number of primary sulfonamides is 1. The summed E-state index contributed by atoms with van der Waals surface area (Å²) in [4.78, 5) is 15.4. The van der Waals surface area contributed by atoms with E-state index in [1.807, 2.05) is 11.9 Å². The smallest absolute Gasteiger partial charge is 0.264 e. The Kier molecular flexibility index (Phi) is 4.48. The van der Waals surface area contributed by atoms with Gasteiger partial charge in [0.15, 0.2) is 0 Å². The minimum Gasteiger partial charge on any atom is -0.334 e. The van der Waals surface area contributed by atoms with Crippen molar-refractivity contribution in [1.29, 1.82) is 0 Å². The van der Waals surface area contributed by atoms with Crippen LogP contribution >= 0.6 is 11.3 Å². The number of likely N-dealkylation sites (N-methyl/N-ethyl adjacent to an activating group) is 1. The molecule has 2 heterocycles. The van der Waals surface area contributed by atoms with Gasteiger partial charge in [-0.2, -0.15) is 0 Å². The largest absolute Gasteiger partial charge is 0.334 e. The van der Waals surface area contributed by atoms with Crippen LogP contribution in [0, 0.1) is 6.92 Å². The Balaban J connectivity index is 2.26. The van der Waals surface area contributed by atoms with Gasteiger partial charge in [-0.15, -0.1) is 11.3 Å². The minimum absolute atomic E-state index is 0.0511. The van der Waals surface area contributed by atoms with Crippen LogP contribution < -0.4 is 10.5 Å². The molecule has 0 radical (unpaired) electrons. The molecule has 0 spiro atoms. The summed E-state index contributed by atoms with van der Waals surface area (Å²) in [5.74, 6) is -0.106. The molecule has 1 aromatic rings. The normalized spacial score (nSPS) is 19.6. The molecule has 20 heavy (non-hydrogen) atoms. The number of hydrogen-bond acceptors (Lipinski definition) is 5. The second-order valence-corrected chi connectivity index (χ2v) is 7.71. The van der Waals surface area contributed by atoms with Gasteiger partial charge >= 0.3 is 0 Å². The van der Waals surface area contributed by atoms with Crippen molar-refractivity contribution in [3.8, 4) is 0 Å². The van der Waals surface area contributed by atoms with E-state index in [1.54, 1.807) is 6.92 Å². The maximum absolute atomic E-state index is 12.5. The Morgan fingerprint density at radius 2 is 2.30 bits per heavy atom. The Morgan fingerprint density at radius 3 is 2.85 bits per heavy atom. The van der Waals surface area contributed by atoms with E-state index in [9.17, 15) is 13.2 Å². The number of amides is 1. The molecule has 0 aromatic carbocycles. The molecule has 1 fully saturated rings. The molecule has 6 nitrogen and oxygen atoms in total. The first-order valence-electron chi connectivity index (χ1n) is 6.43. The highest BCUT2D eigenvalue weighted by molar-refractivity contribution is 7.89. The summed E-state index contributed by atoms with van der Waals surface area (Å²) in [5.41, 5.74) is 0. The second-order valence-electron chi connectivity index (χ2n) is 4.93. The third kappa shape index (κ3) is 3.03. The average molecular weight is 317 g/mol. The molecule has 1 aliphatic heterocycles. The van der Waals surface area contributed by atoms with E-state index in [0.717, 1.165) is 19.4 Å². The number of carbonyl (C=O) groups is 1. The molecule has 1 atom stereocenters. The average Bonchev–Trinajstić information content (AvgIpc) is 2.94. The SMILES string of the molecule is CNC[C@@H]1CCCN1C(=O)c1cc(S(N)(=O)=O)c(C)s1. The fraction of sp³-hybridized carbons (Fsp3) is 0.583. The number of thiophene rings is 1. The van der Waals surface area contributed by atoms with Crippen molar-refractivity contribution in [3.63, 3.8) is 0 Å². The molecular weight excluding hydrogens is 298 g/mol. The summed E-state index contributed by atoms with van der Waals surface area (Å²) in [7, 11) is -1.91. The fourth-order valence-electron chi connectivity index (χ4n) is 2.55. The van der Waals surface area contributed by atoms with Crippen LogP contribution in [-0.2, 0) is 10.0 Å². The van der Waals surface area contributed by atoms with Crippen LogP contribution in [0.2, 0.25) is 0 Å². The Hall–Kier alpha value is -0.960. The number of hydrogen-bond donors (Lipinski definition) is 2. The molecule has 8 heteroatoms. The topological polar surface area (TPSA) is 92.5 Å². The van der Waals surface area contributed by atoms with E-state index in [2.05, 4.69) is 5.32 Å². The van der Waals surface area contributed by atoms with Crippen molar-refractivity contribution in [3.05, 3.63) is 15.8 Å². The maximum Gasteiger partial charge on any atom is 0.264 e. The zero-order chi connectivity index (χ0) is 14.9. The summed E-state index contributed by atoms with van der Waals surface area (Å²) in [6.07, 6.45) is 1.95. The van der Waals surface area contributed by atoms with Gasteiger partial charge in [0.2, 0.25) is 10.0 Å². The number of nitrogens with one attached hydrogen (secondary N) is 1. The molecule has 0 saturated carbocycles. The van der Waals surface area contributed by atoms with E-state index in [-0.39, 0.29) is 16.8 Å². The number of nitrogens with two attached hydrogens (primary N) is 1. The number of carbonyl (C=O) groups excluding carboxylic acids is 1. The highest BCUT2D eigenvalue weighted by atomic mass is 32.2. The summed E-state index contributed by atoms with van der Waals surface area (Å²) in [6, 6.07) is 1.57. The first-order valence-corrected chi connectivity index (χ1v) is 8.79. The van der Waals surface area contributed by atoms with E-state index >= 15 is 0 Å². The van der Waals surface area contributed by atoms with Crippen molar-refractivity contribution >= 4 is 27.3 Å². The first kappa shape index (κ1) is 15.4. The molecule has 3 N–H and O–H groups in total. The van der Waals surface area contributed by atoms with Crippen LogP contribution in [0.3, 0.4) is 0 Å². The monoisotopic (exact) mass is 317 g/mol. The van der Waals surface area contributed by atoms with Gasteiger partial charge in [-0.25, -0.2) is 13.6 Å². The number of rotatable bonds is 4. The maximum atomic E-state index is 12.5. The fourth-order valence-corrected chi connectivity index (χ4v) is 4.65. The van der Waals surface area contributed by atoms with E-state index < -0.39 is 10.0 Å². The summed E-state index contributed by atoms with van der Waals surface area (Å²) < 4.78 is 22.9. The van der Waals surface area contributed by atoms with Crippen molar-refractivity contribution in [2.75, 3.05) is 20.1 Å². The summed E-state index contributed by atoms with van der Waals surface area (Å²) >= 11 is 1.19. The third-order valence-electron chi connectivity index (χ3n) is 3.47. The molecule has 1 aromatic heterocycles. The lowest BCUT2D eigenvalue weighted by molar-refractivity contribution is 0.0742. The molecular formula is C12H19N3O3S2. The predicted molar refractivity (Wildman–Crippen MR) is 78.4 cm³/mol. The van der Waals surface area contributed by atoms with Crippen LogP contribution in [-0.4, -0.2) is 45.4 Å². The second kappa shape index (κ2) is 5.80. The van der Waals surface area contributed by atoms with Crippen molar-refractivity contribution in [1.82, 2.24) is 10.2 Å².